The minimum Gasteiger partial charge on any atom is -0.363 e. The summed E-state index contributed by atoms with van der Waals surface area (Å²) in [5, 5.41) is 3.30. The van der Waals surface area contributed by atoms with Crippen molar-refractivity contribution in [3.05, 3.63) is 11.7 Å². The average Bonchev–Trinajstić information content (AvgIpc) is 2.33. The Kier molecular flexibility index (Phi) is 1.86. The summed E-state index contributed by atoms with van der Waals surface area (Å²) in [5.41, 5.74) is 10.2. The molecule has 1 amide bonds. The first-order chi connectivity index (χ1) is 5.11. The second kappa shape index (κ2) is 2.67. The maximum atomic E-state index is 10.4. The molecule has 11 heavy (non-hydrogen) atoms. The van der Waals surface area contributed by atoms with E-state index in [1.807, 2.05) is 0 Å². The summed E-state index contributed by atoms with van der Waals surface area (Å²) >= 11 is 0. The molecule has 1 heterocycles. The summed E-state index contributed by atoms with van der Waals surface area (Å²) in [7, 11) is 0. The molecule has 0 spiro atoms. The molecule has 0 aliphatic heterocycles. The summed E-state index contributed by atoms with van der Waals surface area (Å²) in [6.45, 7) is 1.66. The van der Waals surface area contributed by atoms with Gasteiger partial charge in [0.1, 0.15) is 0 Å². The Morgan fingerprint density at radius 1 is 1.73 bits per heavy atom. The van der Waals surface area contributed by atoms with Crippen LogP contribution >= 0.6 is 0 Å². The van der Waals surface area contributed by atoms with Crippen LogP contribution in [-0.4, -0.2) is 16.0 Å². The van der Waals surface area contributed by atoms with Gasteiger partial charge in [0.25, 0.3) is 11.7 Å². The average molecular weight is 156 g/mol. The normalized spacial score (nSPS) is 12.9. The van der Waals surface area contributed by atoms with Crippen molar-refractivity contribution in [2.24, 2.45) is 11.5 Å². The van der Waals surface area contributed by atoms with Crippen LogP contribution in [0.4, 0.5) is 0 Å². The second-order valence-electron chi connectivity index (χ2n) is 2.11. The molecule has 1 aromatic rings. The minimum absolute atomic E-state index is 0.141. The van der Waals surface area contributed by atoms with Crippen molar-refractivity contribution < 1.29 is 9.32 Å². The molecule has 4 N–H and O–H groups in total. The Morgan fingerprint density at radius 3 is 2.64 bits per heavy atom. The predicted octanol–water partition coefficient (Wildman–Crippen LogP) is -0.812. The zero-order valence-electron chi connectivity index (χ0n) is 5.94. The lowest BCUT2D eigenvalue weighted by atomic mass is 10.4. The van der Waals surface area contributed by atoms with Gasteiger partial charge in [-0.2, -0.15) is 4.98 Å². The van der Waals surface area contributed by atoms with Crippen LogP contribution in [-0.2, 0) is 0 Å². The molecule has 0 aliphatic rings. The van der Waals surface area contributed by atoms with Gasteiger partial charge >= 0.3 is 0 Å². The molecule has 0 unspecified atom stereocenters. The highest BCUT2D eigenvalue weighted by Crippen LogP contribution is 2.04. The number of hydrogen-bond acceptors (Lipinski definition) is 5. The van der Waals surface area contributed by atoms with Gasteiger partial charge < -0.3 is 16.0 Å². The number of carbonyl (C=O) groups is 1. The van der Waals surface area contributed by atoms with Gasteiger partial charge in [0.2, 0.25) is 5.89 Å². The molecule has 1 rings (SSSR count). The van der Waals surface area contributed by atoms with Gasteiger partial charge in [-0.15, -0.1) is 0 Å². The highest BCUT2D eigenvalue weighted by Gasteiger charge is 2.12. The molecule has 0 radical (unpaired) electrons. The lowest BCUT2D eigenvalue weighted by Gasteiger charge is -1.92. The number of aromatic nitrogens is 2. The Morgan fingerprint density at radius 2 is 2.36 bits per heavy atom. The zero-order chi connectivity index (χ0) is 8.43. The van der Waals surface area contributed by atoms with Crippen molar-refractivity contribution >= 4 is 5.91 Å². The molecular weight excluding hydrogens is 148 g/mol. The van der Waals surface area contributed by atoms with E-state index in [9.17, 15) is 4.79 Å². The largest absolute Gasteiger partial charge is 0.363 e. The van der Waals surface area contributed by atoms with E-state index in [4.69, 9.17) is 11.5 Å². The first-order valence-corrected chi connectivity index (χ1v) is 3.00. The van der Waals surface area contributed by atoms with Gasteiger partial charge in [0, 0.05) is 0 Å². The van der Waals surface area contributed by atoms with Crippen molar-refractivity contribution in [2.45, 2.75) is 13.0 Å². The Hall–Kier alpha value is -1.43. The third-order valence-electron chi connectivity index (χ3n) is 1.05. The van der Waals surface area contributed by atoms with Crippen molar-refractivity contribution in [3.8, 4) is 0 Å². The molecule has 6 nitrogen and oxygen atoms in total. The van der Waals surface area contributed by atoms with Crippen molar-refractivity contribution in [3.63, 3.8) is 0 Å². The van der Waals surface area contributed by atoms with Crippen molar-refractivity contribution in [2.75, 3.05) is 0 Å². The van der Waals surface area contributed by atoms with E-state index < -0.39 is 5.91 Å². The number of carbonyl (C=O) groups excluding carboxylic acids is 1. The fraction of sp³-hybridized carbons (Fsp3) is 0.400. The fourth-order valence-corrected chi connectivity index (χ4v) is 0.520. The standard InChI is InChI=1S/C5H8N4O2/c1-2(6)5-8-4(3(7)10)9-11-5/h2H,6H2,1H3,(H2,7,10)/t2-/m1/s1. The van der Waals surface area contributed by atoms with E-state index in [0.29, 0.717) is 0 Å². The third kappa shape index (κ3) is 1.53. The lowest BCUT2D eigenvalue weighted by molar-refractivity contribution is 0.0987. The summed E-state index contributed by atoms with van der Waals surface area (Å²) in [6.07, 6.45) is 0. The number of amides is 1. The van der Waals surface area contributed by atoms with Gasteiger partial charge in [-0.1, -0.05) is 5.16 Å². The van der Waals surface area contributed by atoms with E-state index in [2.05, 4.69) is 14.7 Å². The molecule has 0 bridgehead atoms. The molecule has 0 saturated carbocycles. The maximum absolute atomic E-state index is 10.4. The van der Waals surface area contributed by atoms with Gasteiger partial charge in [0.05, 0.1) is 6.04 Å². The summed E-state index contributed by atoms with van der Waals surface area (Å²) < 4.78 is 4.60. The molecule has 0 fully saturated rings. The topological polar surface area (TPSA) is 108 Å². The summed E-state index contributed by atoms with van der Waals surface area (Å²) in [5.74, 6) is -0.656. The molecule has 1 aromatic heterocycles. The van der Waals surface area contributed by atoms with Gasteiger partial charge in [-0.3, -0.25) is 4.79 Å². The minimum atomic E-state index is -0.722. The first kappa shape index (κ1) is 7.67. The van der Waals surface area contributed by atoms with Crippen molar-refractivity contribution in [1.29, 1.82) is 0 Å². The van der Waals surface area contributed by atoms with Gasteiger partial charge in [0.15, 0.2) is 0 Å². The number of hydrogen-bond donors (Lipinski definition) is 2. The highest BCUT2D eigenvalue weighted by molar-refractivity contribution is 5.88. The van der Waals surface area contributed by atoms with E-state index >= 15 is 0 Å². The van der Waals surface area contributed by atoms with Crippen LogP contribution in [0.25, 0.3) is 0 Å². The number of primary amides is 1. The molecular formula is C5H8N4O2. The highest BCUT2D eigenvalue weighted by atomic mass is 16.5. The monoisotopic (exact) mass is 156 g/mol. The quantitative estimate of drug-likeness (QED) is 0.582. The Labute approximate surface area is 62.6 Å². The number of rotatable bonds is 2. The molecule has 0 aromatic carbocycles. The third-order valence-corrected chi connectivity index (χ3v) is 1.05. The first-order valence-electron chi connectivity index (χ1n) is 3.00. The van der Waals surface area contributed by atoms with E-state index in [1.54, 1.807) is 6.92 Å². The van der Waals surface area contributed by atoms with Crippen LogP contribution in [0, 0.1) is 0 Å². The fourth-order valence-electron chi connectivity index (χ4n) is 0.520. The van der Waals surface area contributed by atoms with Crippen LogP contribution in [0.2, 0.25) is 0 Å². The van der Waals surface area contributed by atoms with Crippen molar-refractivity contribution in [1.82, 2.24) is 10.1 Å². The smallest absolute Gasteiger partial charge is 0.290 e. The van der Waals surface area contributed by atoms with Gasteiger partial charge in [-0.25, -0.2) is 0 Å². The van der Waals surface area contributed by atoms with Crippen LogP contribution < -0.4 is 11.5 Å². The summed E-state index contributed by atoms with van der Waals surface area (Å²) in [4.78, 5) is 14.1. The molecule has 0 aliphatic carbocycles. The Balaban J connectivity index is 2.90. The van der Waals surface area contributed by atoms with Crippen LogP contribution in [0.5, 0.6) is 0 Å². The van der Waals surface area contributed by atoms with Crippen LogP contribution in [0.3, 0.4) is 0 Å². The SMILES string of the molecule is C[C@@H](N)c1nc(C(N)=O)no1. The Bertz CT molecular complexity index is 267. The lowest BCUT2D eigenvalue weighted by Crippen LogP contribution is -2.13. The van der Waals surface area contributed by atoms with Crippen LogP contribution in [0.15, 0.2) is 4.52 Å². The van der Waals surface area contributed by atoms with Gasteiger partial charge in [-0.05, 0) is 6.92 Å². The number of nitrogens with zero attached hydrogens (tertiary/aromatic N) is 2. The van der Waals surface area contributed by atoms with E-state index in [1.165, 1.54) is 0 Å². The van der Waals surface area contributed by atoms with E-state index in [-0.39, 0.29) is 17.8 Å². The second-order valence-corrected chi connectivity index (χ2v) is 2.11. The zero-order valence-corrected chi connectivity index (χ0v) is 5.94. The maximum Gasteiger partial charge on any atom is 0.290 e. The molecule has 60 valence electrons. The molecule has 0 saturated heterocycles. The van der Waals surface area contributed by atoms with Crippen LogP contribution in [0.1, 0.15) is 29.5 Å². The number of nitrogens with two attached hydrogens (primary N) is 2. The molecule has 6 heteroatoms. The molecule has 1 atom stereocenters. The van der Waals surface area contributed by atoms with E-state index in [0.717, 1.165) is 0 Å². The predicted molar refractivity (Wildman–Crippen MR) is 35.4 cm³/mol. The summed E-state index contributed by atoms with van der Waals surface area (Å²) in [6, 6.07) is -0.379.